The van der Waals surface area contributed by atoms with Crippen LogP contribution in [0.2, 0.25) is 0 Å². The van der Waals surface area contributed by atoms with Gasteiger partial charge in [-0.1, -0.05) is 13.8 Å². The lowest BCUT2D eigenvalue weighted by molar-refractivity contribution is -0.153. The Morgan fingerprint density at radius 1 is 1.40 bits per heavy atom. The zero-order valence-electron chi connectivity index (χ0n) is 10.3. The van der Waals surface area contributed by atoms with Gasteiger partial charge in [-0.3, -0.25) is 4.79 Å². The van der Waals surface area contributed by atoms with E-state index in [4.69, 9.17) is 4.74 Å². The first-order valence-electron chi connectivity index (χ1n) is 5.82. The van der Waals surface area contributed by atoms with E-state index in [9.17, 15) is 4.79 Å². The van der Waals surface area contributed by atoms with E-state index in [2.05, 4.69) is 19.2 Å². The van der Waals surface area contributed by atoms with Crippen LogP contribution in [0.25, 0.3) is 0 Å². The molecular formula is C12H23NO2. The molecule has 0 aromatic rings. The molecule has 88 valence electrons. The van der Waals surface area contributed by atoms with Gasteiger partial charge in [0, 0.05) is 0 Å². The lowest BCUT2D eigenvalue weighted by atomic mass is 9.76. The number of carbonyl (C=O) groups excluding carboxylic acids is 1. The van der Waals surface area contributed by atoms with Crippen molar-refractivity contribution in [2.45, 2.75) is 58.6 Å². The molecule has 0 aromatic carbocycles. The molecule has 3 nitrogen and oxygen atoms in total. The maximum Gasteiger partial charge on any atom is 0.323 e. The summed E-state index contributed by atoms with van der Waals surface area (Å²) in [4.78, 5) is 11.5. The van der Waals surface area contributed by atoms with Gasteiger partial charge >= 0.3 is 5.97 Å². The summed E-state index contributed by atoms with van der Waals surface area (Å²) in [6, 6.07) is -0.195. The summed E-state index contributed by atoms with van der Waals surface area (Å²) in [5.41, 5.74) is 0.428. The molecule has 0 aromatic heterocycles. The molecule has 1 fully saturated rings. The molecule has 0 heterocycles. The van der Waals surface area contributed by atoms with Crippen LogP contribution in [0.1, 0.15) is 46.5 Å². The highest BCUT2D eigenvalue weighted by molar-refractivity contribution is 5.75. The minimum atomic E-state index is -0.195. The Hall–Kier alpha value is -0.570. The number of nitrogens with one attached hydrogen (secondary N) is 1. The Kier molecular flexibility index (Phi) is 4.14. The van der Waals surface area contributed by atoms with E-state index in [-0.39, 0.29) is 18.1 Å². The number of ether oxygens (including phenoxy) is 1. The Morgan fingerprint density at radius 3 is 2.40 bits per heavy atom. The van der Waals surface area contributed by atoms with Crippen LogP contribution in [0.4, 0.5) is 0 Å². The monoisotopic (exact) mass is 213 g/mol. The van der Waals surface area contributed by atoms with Gasteiger partial charge in [-0.25, -0.2) is 0 Å². The summed E-state index contributed by atoms with van der Waals surface area (Å²) in [6.07, 6.45) is 4.46. The van der Waals surface area contributed by atoms with Gasteiger partial charge in [0.1, 0.15) is 12.1 Å². The number of hydrogen-bond acceptors (Lipinski definition) is 3. The molecule has 1 aliphatic carbocycles. The fraction of sp³-hybridized carbons (Fsp3) is 0.917. The van der Waals surface area contributed by atoms with Gasteiger partial charge in [0.25, 0.3) is 0 Å². The summed E-state index contributed by atoms with van der Waals surface area (Å²) in [5.74, 6) is -0.123. The van der Waals surface area contributed by atoms with E-state index < -0.39 is 0 Å². The number of hydrogen-bond donors (Lipinski definition) is 1. The minimum Gasteiger partial charge on any atom is -0.461 e. The van der Waals surface area contributed by atoms with Crippen molar-refractivity contribution in [3.05, 3.63) is 0 Å². The Balaban J connectivity index is 2.33. The molecule has 0 bridgehead atoms. The van der Waals surface area contributed by atoms with Gasteiger partial charge in [-0.05, 0) is 45.1 Å². The Morgan fingerprint density at radius 2 is 1.93 bits per heavy atom. The molecule has 0 spiro atoms. The second-order valence-electron chi connectivity index (χ2n) is 5.31. The third-order valence-electron chi connectivity index (χ3n) is 3.36. The molecule has 0 radical (unpaired) electrons. The molecule has 1 rings (SSSR count). The number of esters is 1. The van der Waals surface area contributed by atoms with Crippen molar-refractivity contribution in [3.8, 4) is 0 Å². The Labute approximate surface area is 92.6 Å². The largest absolute Gasteiger partial charge is 0.461 e. The van der Waals surface area contributed by atoms with E-state index >= 15 is 0 Å². The number of rotatable bonds is 3. The van der Waals surface area contributed by atoms with Crippen LogP contribution >= 0.6 is 0 Å². The van der Waals surface area contributed by atoms with Crippen LogP contribution in [0.3, 0.4) is 0 Å². The molecular weight excluding hydrogens is 190 g/mol. The van der Waals surface area contributed by atoms with Crippen LogP contribution in [0, 0.1) is 5.41 Å². The molecule has 0 amide bonds. The van der Waals surface area contributed by atoms with Crippen LogP contribution in [-0.2, 0) is 9.53 Å². The van der Waals surface area contributed by atoms with Crippen molar-refractivity contribution in [3.63, 3.8) is 0 Å². The maximum atomic E-state index is 11.5. The molecule has 0 saturated heterocycles. The first-order chi connectivity index (χ1) is 6.94. The normalized spacial score (nSPS) is 23.5. The van der Waals surface area contributed by atoms with E-state index in [1.54, 1.807) is 7.05 Å². The van der Waals surface area contributed by atoms with E-state index in [0.29, 0.717) is 5.41 Å². The molecule has 1 unspecified atom stereocenters. The van der Waals surface area contributed by atoms with E-state index in [1.165, 1.54) is 0 Å². The van der Waals surface area contributed by atoms with Gasteiger partial charge in [0.2, 0.25) is 0 Å². The third kappa shape index (κ3) is 3.82. The highest BCUT2D eigenvalue weighted by Crippen LogP contribution is 2.36. The predicted molar refractivity (Wildman–Crippen MR) is 60.7 cm³/mol. The second-order valence-corrected chi connectivity index (χ2v) is 5.31. The summed E-state index contributed by atoms with van der Waals surface area (Å²) in [6.45, 7) is 6.39. The smallest absolute Gasteiger partial charge is 0.323 e. The highest BCUT2D eigenvalue weighted by Gasteiger charge is 2.29. The van der Waals surface area contributed by atoms with Gasteiger partial charge in [-0.2, -0.15) is 0 Å². The third-order valence-corrected chi connectivity index (χ3v) is 3.36. The topological polar surface area (TPSA) is 38.3 Å². The predicted octanol–water partition coefficient (Wildman–Crippen LogP) is 2.11. The maximum absolute atomic E-state index is 11.5. The zero-order chi connectivity index (χ0) is 11.5. The average Bonchev–Trinajstić information content (AvgIpc) is 2.20. The van der Waals surface area contributed by atoms with Crippen molar-refractivity contribution < 1.29 is 9.53 Å². The van der Waals surface area contributed by atoms with Crippen LogP contribution < -0.4 is 5.32 Å². The van der Waals surface area contributed by atoms with Gasteiger partial charge in [0.05, 0.1) is 0 Å². The molecule has 3 heteroatoms. The quantitative estimate of drug-likeness (QED) is 0.730. The molecule has 1 atom stereocenters. The summed E-state index contributed by atoms with van der Waals surface area (Å²) in [5, 5.41) is 2.90. The minimum absolute atomic E-state index is 0.123. The molecule has 0 aliphatic heterocycles. The summed E-state index contributed by atoms with van der Waals surface area (Å²) < 4.78 is 5.44. The first kappa shape index (κ1) is 12.5. The van der Waals surface area contributed by atoms with Crippen LogP contribution in [-0.4, -0.2) is 25.2 Å². The zero-order valence-corrected chi connectivity index (χ0v) is 10.3. The van der Waals surface area contributed by atoms with E-state index in [0.717, 1.165) is 25.7 Å². The van der Waals surface area contributed by atoms with Crippen molar-refractivity contribution in [1.29, 1.82) is 0 Å². The van der Waals surface area contributed by atoms with Crippen molar-refractivity contribution >= 4 is 5.97 Å². The van der Waals surface area contributed by atoms with Gasteiger partial charge in [0.15, 0.2) is 0 Å². The van der Waals surface area contributed by atoms with Gasteiger partial charge in [-0.15, -0.1) is 0 Å². The fourth-order valence-electron chi connectivity index (χ4n) is 1.87. The van der Waals surface area contributed by atoms with Crippen LogP contribution in [0.5, 0.6) is 0 Å². The average molecular weight is 213 g/mol. The molecule has 15 heavy (non-hydrogen) atoms. The van der Waals surface area contributed by atoms with Crippen molar-refractivity contribution in [2.75, 3.05) is 7.05 Å². The number of carbonyl (C=O) groups is 1. The lowest BCUT2D eigenvalue weighted by Crippen LogP contribution is -2.36. The SMILES string of the molecule is CNC(C)C(=O)OC1CCC(C)(C)CC1. The number of likely N-dealkylation sites (N-methyl/N-ethyl adjacent to an activating group) is 1. The van der Waals surface area contributed by atoms with E-state index in [1.807, 2.05) is 6.92 Å². The standard InChI is InChI=1S/C12H23NO2/c1-9(13-4)11(14)15-10-5-7-12(2,3)8-6-10/h9-10,13H,5-8H2,1-4H3. The molecule has 1 saturated carbocycles. The molecule has 1 aliphatic rings. The summed E-state index contributed by atoms with van der Waals surface area (Å²) >= 11 is 0. The van der Waals surface area contributed by atoms with Crippen molar-refractivity contribution in [1.82, 2.24) is 5.32 Å². The highest BCUT2D eigenvalue weighted by atomic mass is 16.5. The second kappa shape index (κ2) is 4.97. The summed E-state index contributed by atoms with van der Waals surface area (Å²) in [7, 11) is 1.77. The molecule has 1 N–H and O–H groups in total. The van der Waals surface area contributed by atoms with Gasteiger partial charge < -0.3 is 10.1 Å². The van der Waals surface area contributed by atoms with Crippen molar-refractivity contribution in [2.24, 2.45) is 5.41 Å². The lowest BCUT2D eigenvalue weighted by Gasteiger charge is -2.34. The fourth-order valence-corrected chi connectivity index (χ4v) is 1.87. The first-order valence-corrected chi connectivity index (χ1v) is 5.82. The van der Waals surface area contributed by atoms with Crippen LogP contribution in [0.15, 0.2) is 0 Å². The Bertz CT molecular complexity index is 216.